The highest BCUT2D eigenvalue weighted by Gasteiger charge is 2.42. The van der Waals surface area contributed by atoms with Gasteiger partial charge in [-0.25, -0.2) is 3.53 Å². The van der Waals surface area contributed by atoms with Crippen molar-refractivity contribution in [3.63, 3.8) is 0 Å². The van der Waals surface area contributed by atoms with Crippen LogP contribution in [0.5, 0.6) is 0 Å². The van der Waals surface area contributed by atoms with Gasteiger partial charge in [0.15, 0.2) is 0 Å². The molecule has 0 aromatic carbocycles. The van der Waals surface area contributed by atoms with Gasteiger partial charge in [-0.15, -0.1) is 0 Å². The van der Waals surface area contributed by atoms with Crippen molar-refractivity contribution in [1.82, 2.24) is 24.0 Å². The molecule has 3 unspecified atom stereocenters. The van der Waals surface area contributed by atoms with Gasteiger partial charge in [0.2, 0.25) is 11.8 Å². The molecule has 0 radical (unpaired) electrons. The molecular weight excluding hydrogens is 549 g/mol. The topological polar surface area (TPSA) is 121 Å². The van der Waals surface area contributed by atoms with Gasteiger partial charge in [0.1, 0.15) is 23.7 Å². The number of pyridine rings is 1. The lowest BCUT2D eigenvalue weighted by molar-refractivity contribution is -0.139. The smallest absolute Gasteiger partial charge is 0.241 e. The molecule has 0 aliphatic heterocycles. The Balaban J connectivity index is 2.91. The van der Waals surface area contributed by atoms with E-state index in [2.05, 4.69) is 26.1 Å². The van der Waals surface area contributed by atoms with Crippen LogP contribution >= 0.6 is 22.9 Å². The lowest BCUT2D eigenvalue weighted by atomic mass is 9.81. The first kappa shape index (κ1) is 30.1. The number of likely N-dealkylation sites (N-methyl/N-ethyl adjacent to an activating group) is 2. The summed E-state index contributed by atoms with van der Waals surface area (Å²) in [4.78, 5) is 56.6. The van der Waals surface area contributed by atoms with E-state index in [0.29, 0.717) is 25.8 Å². The van der Waals surface area contributed by atoms with Crippen molar-refractivity contribution in [3.05, 3.63) is 30.1 Å². The van der Waals surface area contributed by atoms with E-state index in [1.165, 1.54) is 0 Å². The number of nitrogens with one attached hydrogen (secondary N) is 3. The first-order chi connectivity index (χ1) is 16.2. The number of aldehydes is 1. The lowest BCUT2D eigenvalue weighted by Gasteiger charge is -2.35. The number of nitrogens with zero attached hydrogens (tertiary/aromatic N) is 2. The van der Waals surface area contributed by atoms with Gasteiger partial charge < -0.3 is 20.3 Å². The summed E-state index contributed by atoms with van der Waals surface area (Å²) in [6, 6.07) is 2.14. The molecule has 3 N–H and O–H groups in total. The summed E-state index contributed by atoms with van der Waals surface area (Å²) in [5.74, 6) is -1.54. The minimum absolute atomic E-state index is 0.0375. The number of amides is 2. The van der Waals surface area contributed by atoms with Crippen LogP contribution in [0.25, 0.3) is 0 Å². The van der Waals surface area contributed by atoms with E-state index in [9.17, 15) is 19.2 Å². The van der Waals surface area contributed by atoms with E-state index in [1.54, 1.807) is 50.3 Å². The van der Waals surface area contributed by atoms with Gasteiger partial charge in [-0.1, -0.05) is 20.3 Å². The molecule has 0 bridgehead atoms. The molecule has 1 heterocycles. The van der Waals surface area contributed by atoms with Gasteiger partial charge in [-0.2, -0.15) is 0 Å². The van der Waals surface area contributed by atoms with E-state index in [0.717, 1.165) is 18.4 Å². The Morgan fingerprint density at radius 1 is 1.24 bits per heavy atom. The monoisotopic (exact) mass is 587 g/mol. The zero-order valence-corrected chi connectivity index (χ0v) is 22.9. The second kappa shape index (κ2) is 15.2. The molecule has 1 rings (SSSR count). The van der Waals surface area contributed by atoms with Crippen LogP contribution in [0.2, 0.25) is 0 Å². The molecule has 0 aliphatic rings. The fourth-order valence-corrected chi connectivity index (χ4v) is 4.10. The zero-order chi connectivity index (χ0) is 25.7. The molecule has 0 fully saturated rings. The van der Waals surface area contributed by atoms with Crippen molar-refractivity contribution >= 4 is 46.7 Å². The van der Waals surface area contributed by atoms with Crippen molar-refractivity contribution in [2.24, 2.45) is 5.92 Å². The van der Waals surface area contributed by atoms with Crippen LogP contribution in [-0.4, -0.2) is 71.5 Å². The summed E-state index contributed by atoms with van der Waals surface area (Å²) in [5.41, 5.74) is -0.400. The number of unbranched alkanes of at least 4 members (excludes halogenated alkanes) is 1. The molecule has 34 heavy (non-hydrogen) atoms. The third-order valence-electron chi connectivity index (χ3n) is 6.34. The number of carbonyl (C=O) groups is 4. The summed E-state index contributed by atoms with van der Waals surface area (Å²) in [6.07, 6.45) is 6.08. The number of rotatable bonds is 16. The van der Waals surface area contributed by atoms with Gasteiger partial charge in [-0.05, 0) is 51.4 Å². The maximum absolute atomic E-state index is 13.2. The van der Waals surface area contributed by atoms with E-state index in [4.69, 9.17) is 0 Å². The number of carbonyl (C=O) groups excluding carboxylic acids is 4. The highest BCUT2D eigenvalue weighted by atomic mass is 127. The Labute approximate surface area is 216 Å². The van der Waals surface area contributed by atoms with Crippen LogP contribution < -0.4 is 14.2 Å². The number of Topliss-reactive ketones (excluding diaryl/α,β-unsaturated/α-hetero) is 1. The minimum Gasteiger partial charge on any atom is -0.345 e. The average molecular weight is 588 g/mol. The number of hydrogen-bond acceptors (Lipinski definition) is 7. The molecule has 0 saturated carbocycles. The van der Waals surface area contributed by atoms with E-state index in [1.807, 2.05) is 29.8 Å². The third-order valence-corrected chi connectivity index (χ3v) is 7.09. The van der Waals surface area contributed by atoms with E-state index < -0.39 is 29.4 Å². The predicted molar refractivity (Wildman–Crippen MR) is 140 cm³/mol. The number of hydrogen-bond donors (Lipinski definition) is 3. The quantitative estimate of drug-likeness (QED) is 0.153. The maximum atomic E-state index is 13.2. The number of halogens is 1. The van der Waals surface area contributed by atoms with Crippen molar-refractivity contribution < 1.29 is 19.2 Å². The second-order valence-electron chi connectivity index (χ2n) is 8.55. The fourth-order valence-electron chi connectivity index (χ4n) is 3.62. The SMILES string of the molecule is CCCCN(CC)C(=O)C(CC(=O)C(C)C(C)(NC)C(=O)N[C@H](C=O)Cc1ccncc1)NI. The number of aromatic nitrogens is 1. The Kier molecular flexibility index (Phi) is 13.4. The van der Waals surface area contributed by atoms with Crippen LogP contribution in [0.3, 0.4) is 0 Å². The van der Waals surface area contributed by atoms with Crippen molar-refractivity contribution in [1.29, 1.82) is 0 Å². The molecule has 0 saturated heterocycles. The largest absolute Gasteiger partial charge is 0.345 e. The minimum atomic E-state index is -1.26. The van der Waals surface area contributed by atoms with Crippen molar-refractivity contribution in [2.75, 3.05) is 20.1 Å². The Morgan fingerprint density at radius 2 is 1.88 bits per heavy atom. The summed E-state index contributed by atoms with van der Waals surface area (Å²) in [7, 11) is 1.60. The highest BCUT2D eigenvalue weighted by Crippen LogP contribution is 2.21. The second-order valence-corrected chi connectivity index (χ2v) is 9.18. The molecule has 0 spiro atoms. The number of ketones is 1. The van der Waals surface area contributed by atoms with Crippen LogP contribution in [0.1, 0.15) is 52.5 Å². The Hall–Kier alpha value is -1.92. The van der Waals surface area contributed by atoms with Crippen LogP contribution in [0, 0.1) is 5.92 Å². The summed E-state index contributed by atoms with van der Waals surface area (Å²) in [6.45, 7) is 8.49. The van der Waals surface area contributed by atoms with E-state index >= 15 is 0 Å². The standard InChI is InChI=1S/C24H38IN5O4/c1-6-8-13-30(7-2)22(33)20(29-25)15-21(32)17(3)24(4,26-5)23(34)28-19(16-31)14-18-9-11-27-12-10-18/h9-12,16-17,19-20,26,29H,6-8,13-15H2,1-5H3,(H,28,34)/t17?,19-,20?,24?/m0/s1. The fraction of sp³-hybridized carbons (Fsp3) is 0.625. The molecule has 2 amide bonds. The van der Waals surface area contributed by atoms with Gasteiger partial charge in [-0.3, -0.25) is 19.4 Å². The van der Waals surface area contributed by atoms with Gasteiger partial charge in [0.25, 0.3) is 0 Å². The first-order valence-corrected chi connectivity index (χ1v) is 12.8. The lowest BCUT2D eigenvalue weighted by Crippen LogP contribution is -2.61. The average Bonchev–Trinajstić information content (AvgIpc) is 2.86. The van der Waals surface area contributed by atoms with Crippen LogP contribution in [-0.2, 0) is 25.6 Å². The molecule has 1 aromatic heterocycles. The predicted octanol–water partition coefficient (Wildman–Crippen LogP) is 1.84. The van der Waals surface area contributed by atoms with Crippen LogP contribution in [0.4, 0.5) is 0 Å². The summed E-state index contributed by atoms with van der Waals surface area (Å²) in [5, 5.41) is 5.71. The zero-order valence-electron chi connectivity index (χ0n) is 20.8. The molecule has 0 aliphatic carbocycles. The van der Waals surface area contributed by atoms with Gasteiger partial charge in [0, 0.05) is 60.7 Å². The summed E-state index contributed by atoms with van der Waals surface area (Å²) < 4.78 is 2.93. The molecule has 1 aromatic rings. The first-order valence-electron chi connectivity index (χ1n) is 11.7. The molecular formula is C24H38IN5O4. The Morgan fingerprint density at radius 3 is 2.38 bits per heavy atom. The van der Waals surface area contributed by atoms with Crippen molar-refractivity contribution in [2.45, 2.75) is 71.0 Å². The maximum Gasteiger partial charge on any atom is 0.241 e. The highest BCUT2D eigenvalue weighted by molar-refractivity contribution is 14.1. The molecule has 4 atom stereocenters. The normalized spacial score (nSPS) is 15.5. The van der Waals surface area contributed by atoms with E-state index in [-0.39, 0.29) is 18.1 Å². The van der Waals surface area contributed by atoms with Crippen LogP contribution in [0.15, 0.2) is 24.5 Å². The summed E-state index contributed by atoms with van der Waals surface area (Å²) >= 11 is 1.90. The molecule has 10 heteroatoms. The third kappa shape index (κ3) is 8.38. The van der Waals surface area contributed by atoms with Gasteiger partial charge in [0.05, 0.1) is 6.04 Å². The Bertz CT molecular complexity index is 810. The van der Waals surface area contributed by atoms with Gasteiger partial charge >= 0.3 is 0 Å². The molecule has 9 nitrogen and oxygen atoms in total. The molecule has 190 valence electrons. The van der Waals surface area contributed by atoms with Crippen molar-refractivity contribution in [3.8, 4) is 0 Å².